The molecule has 1 heterocycles. The average Bonchev–Trinajstić information content (AvgIpc) is 2.61. The summed E-state index contributed by atoms with van der Waals surface area (Å²) in [6, 6.07) is -0.269. The second-order valence-electron chi connectivity index (χ2n) is 5.33. The molecule has 1 aromatic rings. The molecule has 0 radical (unpaired) electrons. The van der Waals surface area contributed by atoms with Crippen molar-refractivity contribution in [1.29, 1.82) is 0 Å². The van der Waals surface area contributed by atoms with E-state index in [1.54, 1.807) is 18.9 Å². The molecule has 1 aromatic heterocycles. The molecule has 0 spiro atoms. The van der Waals surface area contributed by atoms with Gasteiger partial charge in [0, 0.05) is 18.5 Å². The zero-order valence-corrected chi connectivity index (χ0v) is 13.4. The number of carboxylic acids is 1. The first kappa shape index (κ1) is 16.5. The van der Waals surface area contributed by atoms with E-state index in [1.165, 1.54) is 11.3 Å². The van der Waals surface area contributed by atoms with Crippen molar-refractivity contribution in [3.63, 3.8) is 0 Å². The van der Waals surface area contributed by atoms with E-state index >= 15 is 0 Å². The summed E-state index contributed by atoms with van der Waals surface area (Å²) >= 11 is 1.30. The first-order valence-corrected chi connectivity index (χ1v) is 7.41. The summed E-state index contributed by atoms with van der Waals surface area (Å²) < 4.78 is 0. The lowest BCUT2D eigenvalue weighted by atomic mass is 10.1. The molecule has 112 valence electrons. The molecule has 5 nitrogen and oxygen atoms in total. The first-order chi connectivity index (χ1) is 9.23. The molecule has 0 saturated carbocycles. The Bertz CT molecular complexity index is 509. The zero-order valence-electron chi connectivity index (χ0n) is 12.6. The van der Waals surface area contributed by atoms with Crippen LogP contribution in [-0.2, 0) is 0 Å². The summed E-state index contributed by atoms with van der Waals surface area (Å²) in [7, 11) is 1.71. The Balaban J connectivity index is 2.80. The number of amides is 2. The molecule has 2 N–H and O–H groups in total. The van der Waals surface area contributed by atoms with Gasteiger partial charge in [0.2, 0.25) is 0 Å². The quantitative estimate of drug-likeness (QED) is 0.873. The third-order valence-electron chi connectivity index (χ3n) is 3.21. The molecule has 0 fully saturated rings. The predicted octanol–water partition coefficient (Wildman–Crippen LogP) is 3.57. The van der Waals surface area contributed by atoms with Gasteiger partial charge in [-0.15, -0.1) is 11.3 Å². The number of carboxylic acid groups (broad SMARTS) is 1. The third-order valence-corrected chi connectivity index (χ3v) is 4.33. The number of nitrogens with zero attached hydrogens (tertiary/aromatic N) is 1. The molecule has 0 aliphatic carbocycles. The van der Waals surface area contributed by atoms with Gasteiger partial charge in [0.25, 0.3) is 0 Å². The molecule has 20 heavy (non-hydrogen) atoms. The summed E-state index contributed by atoms with van der Waals surface area (Å²) in [5.74, 6) is -0.488. The highest BCUT2D eigenvalue weighted by Crippen LogP contribution is 2.32. The van der Waals surface area contributed by atoms with Crippen molar-refractivity contribution in [2.75, 3.05) is 18.9 Å². The number of hydrogen-bond acceptors (Lipinski definition) is 3. The van der Waals surface area contributed by atoms with E-state index in [2.05, 4.69) is 19.2 Å². The van der Waals surface area contributed by atoms with E-state index in [9.17, 15) is 14.7 Å². The minimum atomic E-state index is -1.01. The van der Waals surface area contributed by atoms with Gasteiger partial charge in [-0.1, -0.05) is 13.8 Å². The van der Waals surface area contributed by atoms with E-state index < -0.39 is 5.97 Å². The monoisotopic (exact) mass is 298 g/mol. The van der Waals surface area contributed by atoms with Crippen LogP contribution in [-0.4, -0.2) is 35.6 Å². The van der Waals surface area contributed by atoms with E-state index in [0.717, 1.165) is 11.3 Å². The fraction of sp³-hybridized carbons (Fsp3) is 0.571. The highest BCUT2D eigenvalue weighted by Gasteiger charge is 2.21. The molecule has 6 heteroatoms. The Kier molecular flexibility index (Phi) is 5.56. The molecule has 0 bridgehead atoms. The van der Waals surface area contributed by atoms with Crippen LogP contribution in [0.4, 0.5) is 9.80 Å². The maximum atomic E-state index is 12.0. The molecule has 0 aliphatic heterocycles. The van der Waals surface area contributed by atoms with Crippen LogP contribution < -0.4 is 5.32 Å². The molecule has 0 atom stereocenters. The summed E-state index contributed by atoms with van der Waals surface area (Å²) in [5, 5.41) is 12.3. The number of aromatic carboxylic acids is 1. The predicted molar refractivity (Wildman–Crippen MR) is 81.9 cm³/mol. The minimum Gasteiger partial charge on any atom is -0.478 e. The fourth-order valence-electron chi connectivity index (χ4n) is 1.72. The summed E-state index contributed by atoms with van der Waals surface area (Å²) in [6.07, 6.45) is 0.915. The number of rotatable bonds is 5. The molecule has 0 saturated heterocycles. The number of anilines is 1. The van der Waals surface area contributed by atoms with Gasteiger partial charge in [-0.3, -0.25) is 5.32 Å². The highest BCUT2D eigenvalue weighted by atomic mass is 32.1. The Morgan fingerprint density at radius 1 is 1.35 bits per heavy atom. The minimum absolute atomic E-state index is 0.193. The van der Waals surface area contributed by atoms with E-state index in [-0.39, 0.29) is 11.6 Å². The summed E-state index contributed by atoms with van der Waals surface area (Å²) in [6.45, 7) is 8.45. The lowest BCUT2D eigenvalue weighted by Gasteiger charge is -2.18. The Morgan fingerprint density at radius 2 is 1.95 bits per heavy atom. The van der Waals surface area contributed by atoms with Crippen LogP contribution in [0.5, 0.6) is 0 Å². The van der Waals surface area contributed by atoms with Crippen LogP contribution in [0.1, 0.15) is 41.1 Å². The van der Waals surface area contributed by atoms with Crippen LogP contribution in [0.3, 0.4) is 0 Å². The van der Waals surface area contributed by atoms with Crippen molar-refractivity contribution >= 4 is 28.3 Å². The maximum absolute atomic E-state index is 12.0. The van der Waals surface area contributed by atoms with Crippen LogP contribution in [0.2, 0.25) is 0 Å². The number of urea groups is 1. The van der Waals surface area contributed by atoms with Crippen LogP contribution in [0.25, 0.3) is 0 Å². The van der Waals surface area contributed by atoms with Crippen LogP contribution in [0.15, 0.2) is 0 Å². The first-order valence-electron chi connectivity index (χ1n) is 6.59. The van der Waals surface area contributed by atoms with Crippen LogP contribution in [0, 0.1) is 19.8 Å². The van der Waals surface area contributed by atoms with Gasteiger partial charge >= 0.3 is 12.0 Å². The molecule has 0 aromatic carbocycles. The number of thiophene rings is 1. The highest BCUT2D eigenvalue weighted by molar-refractivity contribution is 7.16. The fourth-order valence-corrected chi connectivity index (χ4v) is 2.76. The van der Waals surface area contributed by atoms with Crippen molar-refractivity contribution < 1.29 is 14.7 Å². The van der Waals surface area contributed by atoms with Crippen molar-refractivity contribution in [3.05, 3.63) is 16.0 Å². The van der Waals surface area contributed by atoms with Crippen LogP contribution >= 0.6 is 11.3 Å². The largest absolute Gasteiger partial charge is 0.478 e. The summed E-state index contributed by atoms with van der Waals surface area (Å²) in [5.41, 5.74) is 0.903. The molecule has 1 rings (SSSR count). The number of nitrogens with one attached hydrogen (secondary N) is 1. The maximum Gasteiger partial charge on any atom is 0.338 e. The lowest BCUT2D eigenvalue weighted by molar-refractivity contribution is 0.0697. The number of carbonyl (C=O) groups excluding carboxylic acids is 1. The molecular formula is C14H22N2O3S. The molecule has 0 aliphatic rings. The average molecular weight is 298 g/mol. The van der Waals surface area contributed by atoms with Crippen molar-refractivity contribution in [2.45, 2.75) is 34.1 Å². The van der Waals surface area contributed by atoms with E-state index in [4.69, 9.17) is 0 Å². The summed E-state index contributed by atoms with van der Waals surface area (Å²) in [4.78, 5) is 25.8. The second kappa shape index (κ2) is 6.74. The van der Waals surface area contributed by atoms with Gasteiger partial charge in [-0.2, -0.15) is 0 Å². The third kappa shape index (κ3) is 3.96. The zero-order chi connectivity index (χ0) is 15.4. The Labute approximate surface area is 123 Å². The van der Waals surface area contributed by atoms with Gasteiger partial charge in [-0.05, 0) is 31.7 Å². The lowest BCUT2D eigenvalue weighted by Crippen LogP contribution is -2.32. The van der Waals surface area contributed by atoms with Gasteiger partial charge in [0.05, 0.1) is 5.56 Å². The molecular weight excluding hydrogens is 276 g/mol. The van der Waals surface area contributed by atoms with Crippen molar-refractivity contribution in [2.24, 2.45) is 5.92 Å². The smallest absolute Gasteiger partial charge is 0.338 e. The molecule has 0 unspecified atom stereocenters. The Hall–Kier alpha value is -1.56. The Morgan fingerprint density at radius 3 is 2.45 bits per heavy atom. The topological polar surface area (TPSA) is 69.6 Å². The van der Waals surface area contributed by atoms with E-state index in [1.807, 2.05) is 6.92 Å². The standard InChI is InChI=1S/C14H22N2O3S/c1-8(2)6-7-16(5)14(19)15-12-11(13(17)18)9(3)10(4)20-12/h8H,6-7H2,1-5H3,(H,15,19)(H,17,18). The normalized spacial score (nSPS) is 10.7. The number of aryl methyl sites for hydroxylation is 1. The number of carbonyl (C=O) groups is 2. The molecule has 2 amide bonds. The second-order valence-corrected chi connectivity index (χ2v) is 6.55. The SMILES string of the molecule is Cc1sc(NC(=O)N(C)CCC(C)C)c(C(=O)O)c1C. The van der Waals surface area contributed by atoms with Crippen molar-refractivity contribution in [3.8, 4) is 0 Å². The van der Waals surface area contributed by atoms with Crippen molar-refractivity contribution in [1.82, 2.24) is 4.90 Å². The van der Waals surface area contributed by atoms with Gasteiger partial charge < -0.3 is 10.0 Å². The van der Waals surface area contributed by atoms with E-state index in [0.29, 0.717) is 23.0 Å². The van der Waals surface area contributed by atoms with Gasteiger partial charge in [0.15, 0.2) is 0 Å². The van der Waals surface area contributed by atoms with Gasteiger partial charge in [0.1, 0.15) is 5.00 Å². The van der Waals surface area contributed by atoms with Gasteiger partial charge in [-0.25, -0.2) is 9.59 Å². The number of hydrogen-bond donors (Lipinski definition) is 2.